The molecule has 2 aliphatic carbocycles. The summed E-state index contributed by atoms with van der Waals surface area (Å²) in [6.07, 6.45) is 0. The highest BCUT2D eigenvalue weighted by atomic mass is 15.1. The molecule has 0 saturated heterocycles. The summed E-state index contributed by atoms with van der Waals surface area (Å²) in [5, 5.41) is 2.52. The van der Waals surface area contributed by atoms with Crippen LogP contribution < -0.4 is 4.90 Å². The Labute approximate surface area is 386 Å². The summed E-state index contributed by atoms with van der Waals surface area (Å²) in [7, 11) is 0. The van der Waals surface area contributed by atoms with Crippen molar-refractivity contribution >= 4 is 27.8 Å². The number of anilines is 3. The fourth-order valence-corrected chi connectivity index (χ4v) is 11.2. The van der Waals surface area contributed by atoms with Crippen LogP contribution in [0.15, 0.2) is 261 Å². The smallest absolute Gasteiger partial charge is 0.0726 e. The Morgan fingerprint density at radius 3 is 1.47 bits per heavy atom. The van der Waals surface area contributed by atoms with E-state index in [1.165, 1.54) is 99.8 Å². The van der Waals surface area contributed by atoms with Gasteiger partial charge in [0.2, 0.25) is 0 Å². The van der Waals surface area contributed by atoms with Gasteiger partial charge < -0.3 is 4.90 Å². The number of para-hydroxylation sites is 1. The SMILES string of the molecule is c1ccc(-c2ccc(N(c3ccc4c(c3)C3(c5ccccc5-c5ccccc53)c3cc(-c5cccc(-c6cccc7ccccc67)c5)ccc3-4)c3ccccc3-c3ccccc3)cc2)cc1. The normalized spacial score (nSPS) is 12.7. The third-order valence-corrected chi connectivity index (χ3v) is 14.1. The Kier molecular flexibility index (Phi) is 8.82. The zero-order valence-corrected chi connectivity index (χ0v) is 36.3. The fourth-order valence-electron chi connectivity index (χ4n) is 11.2. The van der Waals surface area contributed by atoms with Crippen molar-refractivity contribution in [1.82, 2.24) is 0 Å². The first-order valence-corrected chi connectivity index (χ1v) is 22.9. The first-order valence-electron chi connectivity index (χ1n) is 22.9. The number of rotatable bonds is 7. The van der Waals surface area contributed by atoms with Gasteiger partial charge >= 0.3 is 0 Å². The predicted molar refractivity (Wildman–Crippen MR) is 277 cm³/mol. The average Bonchev–Trinajstić information content (AvgIpc) is 3.86. The topological polar surface area (TPSA) is 3.24 Å². The molecule has 11 aromatic carbocycles. The first-order chi connectivity index (χ1) is 32.7. The molecule has 0 heterocycles. The molecule has 0 amide bonds. The van der Waals surface area contributed by atoms with Gasteiger partial charge in [0.25, 0.3) is 0 Å². The van der Waals surface area contributed by atoms with Crippen LogP contribution in [-0.2, 0) is 5.41 Å². The van der Waals surface area contributed by atoms with E-state index in [1.54, 1.807) is 0 Å². The maximum atomic E-state index is 2.50. The molecule has 0 N–H and O–H groups in total. The maximum Gasteiger partial charge on any atom is 0.0726 e. The van der Waals surface area contributed by atoms with Crippen LogP contribution in [0.3, 0.4) is 0 Å². The summed E-state index contributed by atoms with van der Waals surface area (Å²) >= 11 is 0. The summed E-state index contributed by atoms with van der Waals surface area (Å²) in [5.41, 5.74) is 22.9. The monoisotopic (exact) mass is 837 g/mol. The molecule has 0 saturated carbocycles. The minimum absolute atomic E-state index is 0.543. The molecule has 1 nitrogen and oxygen atoms in total. The fraction of sp³-hybridized carbons (Fsp3) is 0.0154. The average molecular weight is 838 g/mol. The van der Waals surface area contributed by atoms with Crippen LogP contribution in [0.5, 0.6) is 0 Å². The molecule has 0 atom stereocenters. The summed E-state index contributed by atoms with van der Waals surface area (Å²) in [6.45, 7) is 0. The number of hydrogen-bond donors (Lipinski definition) is 0. The molecule has 1 spiro atoms. The highest BCUT2D eigenvalue weighted by molar-refractivity contribution is 6.00. The Morgan fingerprint density at radius 1 is 0.242 bits per heavy atom. The van der Waals surface area contributed by atoms with E-state index < -0.39 is 5.41 Å². The van der Waals surface area contributed by atoms with Gasteiger partial charge in [-0.1, -0.05) is 218 Å². The van der Waals surface area contributed by atoms with Gasteiger partial charge in [0.05, 0.1) is 11.1 Å². The second kappa shape index (κ2) is 15.3. The molecule has 0 fully saturated rings. The molecular formula is C65H43N. The lowest BCUT2D eigenvalue weighted by atomic mass is 9.70. The molecule has 308 valence electrons. The van der Waals surface area contributed by atoms with Crippen LogP contribution in [0.2, 0.25) is 0 Å². The van der Waals surface area contributed by atoms with Crippen molar-refractivity contribution in [3.8, 4) is 66.8 Å². The summed E-state index contributed by atoms with van der Waals surface area (Å²) < 4.78 is 0. The van der Waals surface area contributed by atoms with E-state index in [0.717, 1.165) is 17.1 Å². The lowest BCUT2D eigenvalue weighted by Crippen LogP contribution is -2.26. The van der Waals surface area contributed by atoms with Gasteiger partial charge in [0, 0.05) is 16.9 Å². The highest BCUT2D eigenvalue weighted by Gasteiger charge is 2.52. The summed E-state index contributed by atoms with van der Waals surface area (Å²) in [5.74, 6) is 0. The van der Waals surface area contributed by atoms with E-state index >= 15 is 0 Å². The van der Waals surface area contributed by atoms with E-state index in [4.69, 9.17) is 0 Å². The van der Waals surface area contributed by atoms with Gasteiger partial charge in [0.15, 0.2) is 0 Å². The van der Waals surface area contributed by atoms with Gasteiger partial charge in [-0.3, -0.25) is 0 Å². The molecule has 0 aromatic heterocycles. The molecule has 66 heavy (non-hydrogen) atoms. The van der Waals surface area contributed by atoms with Crippen molar-refractivity contribution in [2.75, 3.05) is 4.90 Å². The maximum absolute atomic E-state index is 2.50. The van der Waals surface area contributed by atoms with E-state index in [-0.39, 0.29) is 0 Å². The molecule has 1 heteroatoms. The van der Waals surface area contributed by atoms with Crippen LogP contribution in [0.4, 0.5) is 17.1 Å². The molecule has 0 unspecified atom stereocenters. The number of nitrogens with zero attached hydrogens (tertiary/aromatic N) is 1. The van der Waals surface area contributed by atoms with Crippen LogP contribution in [0, 0.1) is 0 Å². The van der Waals surface area contributed by atoms with Gasteiger partial charge in [-0.2, -0.15) is 0 Å². The van der Waals surface area contributed by atoms with Crippen LogP contribution in [0.25, 0.3) is 77.5 Å². The zero-order valence-electron chi connectivity index (χ0n) is 36.3. The largest absolute Gasteiger partial charge is 0.310 e. The predicted octanol–water partition coefficient (Wildman–Crippen LogP) is 17.3. The summed E-state index contributed by atoms with van der Waals surface area (Å²) in [6, 6.07) is 96.4. The number of benzene rings is 11. The second-order valence-electron chi connectivity index (χ2n) is 17.6. The Balaban J connectivity index is 1.03. The van der Waals surface area contributed by atoms with E-state index in [1.807, 2.05) is 0 Å². The van der Waals surface area contributed by atoms with Gasteiger partial charge in [0.1, 0.15) is 0 Å². The Morgan fingerprint density at radius 2 is 0.712 bits per heavy atom. The van der Waals surface area contributed by atoms with Gasteiger partial charge in [-0.15, -0.1) is 0 Å². The third kappa shape index (κ3) is 5.87. The van der Waals surface area contributed by atoms with Crippen LogP contribution in [0.1, 0.15) is 22.3 Å². The lowest BCUT2D eigenvalue weighted by molar-refractivity contribution is 0.794. The Bertz CT molecular complexity index is 3590. The molecular weight excluding hydrogens is 795 g/mol. The second-order valence-corrected chi connectivity index (χ2v) is 17.6. The highest BCUT2D eigenvalue weighted by Crippen LogP contribution is 2.64. The van der Waals surface area contributed by atoms with Crippen molar-refractivity contribution in [3.05, 3.63) is 283 Å². The number of fused-ring (bicyclic) bond motifs is 11. The minimum Gasteiger partial charge on any atom is -0.310 e. The minimum atomic E-state index is -0.543. The van der Waals surface area contributed by atoms with Crippen LogP contribution in [-0.4, -0.2) is 0 Å². The molecule has 0 aliphatic heterocycles. The van der Waals surface area contributed by atoms with E-state index in [9.17, 15) is 0 Å². The van der Waals surface area contributed by atoms with Crippen molar-refractivity contribution < 1.29 is 0 Å². The van der Waals surface area contributed by atoms with Crippen molar-refractivity contribution in [2.45, 2.75) is 5.41 Å². The molecule has 0 radical (unpaired) electrons. The van der Waals surface area contributed by atoms with E-state index in [0.29, 0.717) is 0 Å². The van der Waals surface area contributed by atoms with Gasteiger partial charge in [-0.25, -0.2) is 0 Å². The number of hydrogen-bond acceptors (Lipinski definition) is 1. The first kappa shape index (κ1) is 38.0. The van der Waals surface area contributed by atoms with Crippen molar-refractivity contribution in [3.63, 3.8) is 0 Å². The molecule has 2 aliphatic rings. The summed E-state index contributed by atoms with van der Waals surface area (Å²) in [4.78, 5) is 2.46. The molecule has 13 rings (SSSR count). The van der Waals surface area contributed by atoms with Crippen LogP contribution >= 0.6 is 0 Å². The lowest BCUT2D eigenvalue weighted by Gasteiger charge is -2.33. The van der Waals surface area contributed by atoms with E-state index in [2.05, 4.69) is 266 Å². The third-order valence-electron chi connectivity index (χ3n) is 14.1. The van der Waals surface area contributed by atoms with Crippen molar-refractivity contribution in [2.24, 2.45) is 0 Å². The molecule has 0 bridgehead atoms. The van der Waals surface area contributed by atoms with Crippen molar-refractivity contribution in [1.29, 1.82) is 0 Å². The quantitative estimate of drug-likeness (QED) is 0.155. The van der Waals surface area contributed by atoms with Gasteiger partial charge in [-0.05, 0) is 137 Å². The zero-order chi connectivity index (χ0) is 43.6. The standard InChI is InChI=1S/C65H43N/c1-3-17-44(18-4-1)45-33-36-51(37-34-45)66(64-32-14-11-26-55(64)47-19-5-2-6-20-47)52-38-40-59-58-39-35-49(48-23-15-24-50(41-48)54-29-16-22-46-21-7-8-25-53(46)54)42-62(58)65(63(59)43-52)60-30-12-9-27-56(60)57-28-10-13-31-61(57)65/h1-43H. The Hall–Kier alpha value is -8.52. The molecule has 11 aromatic rings.